The lowest BCUT2D eigenvalue weighted by atomic mass is 10.1. The standard InChI is InChI=1S/C19H18FN3OS/c1-13-22-18(12-25-13)11-21-10-14-4-2-7-17(8-14)23-19(24)15-5-3-6-16(20)9-15/h2-9,12,21H,10-11H2,1H3,(H,23,24). The average molecular weight is 355 g/mol. The molecule has 0 saturated carbocycles. The number of halogens is 1. The van der Waals surface area contributed by atoms with Crippen molar-refractivity contribution >= 4 is 22.9 Å². The van der Waals surface area contributed by atoms with Gasteiger partial charge in [-0.15, -0.1) is 11.3 Å². The molecule has 2 aromatic carbocycles. The summed E-state index contributed by atoms with van der Waals surface area (Å²) >= 11 is 1.63. The van der Waals surface area contributed by atoms with Crippen LogP contribution in [0.25, 0.3) is 0 Å². The third-order valence-corrected chi connectivity index (χ3v) is 4.40. The summed E-state index contributed by atoms with van der Waals surface area (Å²) in [7, 11) is 0. The van der Waals surface area contributed by atoms with E-state index in [2.05, 4.69) is 15.6 Å². The Morgan fingerprint density at radius 1 is 1.16 bits per heavy atom. The van der Waals surface area contributed by atoms with Gasteiger partial charge in [0, 0.05) is 29.7 Å². The zero-order chi connectivity index (χ0) is 17.6. The lowest BCUT2D eigenvalue weighted by Crippen LogP contribution is -2.14. The molecule has 0 spiro atoms. The Hall–Kier alpha value is -2.57. The first kappa shape index (κ1) is 17.3. The lowest BCUT2D eigenvalue weighted by molar-refractivity contribution is 0.102. The molecular formula is C19H18FN3OS. The van der Waals surface area contributed by atoms with Crippen LogP contribution in [-0.4, -0.2) is 10.9 Å². The summed E-state index contributed by atoms with van der Waals surface area (Å²) in [5.74, 6) is -0.759. The van der Waals surface area contributed by atoms with Gasteiger partial charge >= 0.3 is 0 Å². The molecule has 4 nitrogen and oxygen atoms in total. The van der Waals surface area contributed by atoms with Crippen LogP contribution < -0.4 is 10.6 Å². The van der Waals surface area contributed by atoms with Gasteiger partial charge in [0.2, 0.25) is 0 Å². The molecule has 0 radical (unpaired) electrons. The maximum Gasteiger partial charge on any atom is 0.255 e. The number of nitrogens with zero attached hydrogens (tertiary/aromatic N) is 1. The highest BCUT2D eigenvalue weighted by Gasteiger charge is 2.07. The third kappa shape index (κ3) is 4.95. The SMILES string of the molecule is Cc1nc(CNCc2cccc(NC(=O)c3cccc(F)c3)c2)cs1. The van der Waals surface area contributed by atoms with Crippen LogP contribution in [0.4, 0.5) is 10.1 Å². The number of hydrogen-bond donors (Lipinski definition) is 2. The number of hydrogen-bond acceptors (Lipinski definition) is 4. The van der Waals surface area contributed by atoms with E-state index in [4.69, 9.17) is 0 Å². The number of aromatic nitrogens is 1. The van der Waals surface area contributed by atoms with Crippen LogP contribution in [0, 0.1) is 12.7 Å². The van der Waals surface area contributed by atoms with E-state index in [0.717, 1.165) is 16.3 Å². The molecule has 6 heteroatoms. The van der Waals surface area contributed by atoms with Crippen molar-refractivity contribution in [2.75, 3.05) is 5.32 Å². The first-order valence-electron chi connectivity index (χ1n) is 7.88. The van der Waals surface area contributed by atoms with E-state index in [1.165, 1.54) is 18.2 Å². The highest BCUT2D eigenvalue weighted by atomic mass is 32.1. The van der Waals surface area contributed by atoms with E-state index in [-0.39, 0.29) is 5.91 Å². The van der Waals surface area contributed by atoms with Gasteiger partial charge in [-0.1, -0.05) is 18.2 Å². The van der Waals surface area contributed by atoms with Crippen molar-refractivity contribution in [1.29, 1.82) is 0 Å². The van der Waals surface area contributed by atoms with Crippen molar-refractivity contribution in [3.8, 4) is 0 Å². The monoisotopic (exact) mass is 355 g/mol. The lowest BCUT2D eigenvalue weighted by Gasteiger charge is -2.08. The fraction of sp³-hybridized carbons (Fsp3) is 0.158. The number of carbonyl (C=O) groups is 1. The topological polar surface area (TPSA) is 54.0 Å². The number of benzene rings is 2. The van der Waals surface area contributed by atoms with Gasteiger partial charge in [-0.25, -0.2) is 9.37 Å². The quantitative estimate of drug-likeness (QED) is 0.699. The van der Waals surface area contributed by atoms with Gasteiger partial charge in [0.1, 0.15) is 5.82 Å². The molecule has 0 unspecified atom stereocenters. The minimum Gasteiger partial charge on any atom is -0.322 e. The van der Waals surface area contributed by atoms with E-state index in [0.29, 0.717) is 24.3 Å². The summed E-state index contributed by atoms with van der Waals surface area (Å²) in [6.07, 6.45) is 0. The molecule has 128 valence electrons. The average Bonchev–Trinajstić information content (AvgIpc) is 3.00. The van der Waals surface area contributed by atoms with Gasteiger partial charge in [-0.3, -0.25) is 4.79 Å². The molecule has 0 aliphatic heterocycles. The molecule has 1 aromatic heterocycles. The number of anilines is 1. The largest absolute Gasteiger partial charge is 0.322 e. The number of carbonyl (C=O) groups excluding carboxylic acids is 1. The maximum absolute atomic E-state index is 13.2. The predicted molar refractivity (Wildman–Crippen MR) is 98.2 cm³/mol. The van der Waals surface area contributed by atoms with Gasteiger partial charge in [-0.2, -0.15) is 0 Å². The van der Waals surface area contributed by atoms with Crippen LogP contribution in [0.5, 0.6) is 0 Å². The smallest absolute Gasteiger partial charge is 0.255 e. The van der Waals surface area contributed by atoms with Crippen molar-refractivity contribution in [3.05, 3.63) is 81.6 Å². The Bertz CT molecular complexity index is 878. The number of nitrogens with one attached hydrogen (secondary N) is 2. The van der Waals surface area contributed by atoms with Crippen LogP contribution in [0.2, 0.25) is 0 Å². The minimum absolute atomic E-state index is 0.294. The van der Waals surface area contributed by atoms with Gasteiger partial charge in [0.25, 0.3) is 5.91 Å². The Morgan fingerprint density at radius 3 is 2.76 bits per heavy atom. The summed E-state index contributed by atoms with van der Waals surface area (Å²) in [6, 6.07) is 13.2. The first-order valence-corrected chi connectivity index (χ1v) is 8.76. The van der Waals surface area contributed by atoms with Crippen molar-refractivity contribution in [1.82, 2.24) is 10.3 Å². The fourth-order valence-electron chi connectivity index (χ4n) is 2.42. The molecule has 0 bridgehead atoms. The summed E-state index contributed by atoms with van der Waals surface area (Å²) in [4.78, 5) is 16.6. The van der Waals surface area contributed by atoms with Crippen molar-refractivity contribution in [3.63, 3.8) is 0 Å². The second kappa shape index (κ2) is 8.00. The second-order valence-electron chi connectivity index (χ2n) is 5.63. The van der Waals surface area contributed by atoms with E-state index in [1.54, 1.807) is 17.4 Å². The second-order valence-corrected chi connectivity index (χ2v) is 6.69. The minimum atomic E-state index is -0.428. The zero-order valence-corrected chi connectivity index (χ0v) is 14.6. The summed E-state index contributed by atoms with van der Waals surface area (Å²) in [5.41, 5.74) is 3.04. The summed E-state index contributed by atoms with van der Waals surface area (Å²) in [6.45, 7) is 3.35. The number of aryl methyl sites for hydroxylation is 1. The van der Waals surface area contributed by atoms with Crippen molar-refractivity contribution in [2.45, 2.75) is 20.0 Å². The first-order chi connectivity index (χ1) is 12.1. The summed E-state index contributed by atoms with van der Waals surface area (Å²) in [5, 5.41) is 9.22. The molecule has 0 atom stereocenters. The summed E-state index contributed by atoms with van der Waals surface area (Å²) < 4.78 is 13.2. The van der Waals surface area contributed by atoms with E-state index >= 15 is 0 Å². The van der Waals surface area contributed by atoms with Crippen LogP contribution >= 0.6 is 11.3 Å². The molecule has 0 saturated heterocycles. The molecular weight excluding hydrogens is 337 g/mol. The van der Waals surface area contributed by atoms with Gasteiger partial charge in [-0.05, 0) is 42.8 Å². The van der Waals surface area contributed by atoms with Gasteiger partial charge in [0.05, 0.1) is 10.7 Å². The van der Waals surface area contributed by atoms with Crippen molar-refractivity contribution < 1.29 is 9.18 Å². The van der Waals surface area contributed by atoms with Crippen molar-refractivity contribution in [2.24, 2.45) is 0 Å². The molecule has 1 heterocycles. The highest BCUT2D eigenvalue weighted by molar-refractivity contribution is 7.09. The Morgan fingerprint density at radius 2 is 2.00 bits per heavy atom. The number of amides is 1. The molecule has 2 N–H and O–H groups in total. The predicted octanol–water partition coefficient (Wildman–Crippen LogP) is 4.13. The zero-order valence-electron chi connectivity index (χ0n) is 13.8. The van der Waals surface area contributed by atoms with Crippen LogP contribution in [-0.2, 0) is 13.1 Å². The van der Waals surface area contributed by atoms with Crippen LogP contribution in [0.1, 0.15) is 26.6 Å². The van der Waals surface area contributed by atoms with Crippen LogP contribution in [0.3, 0.4) is 0 Å². The maximum atomic E-state index is 13.2. The molecule has 0 aliphatic rings. The fourth-order valence-corrected chi connectivity index (χ4v) is 3.03. The normalized spacial score (nSPS) is 10.6. The van der Waals surface area contributed by atoms with E-state index in [1.807, 2.05) is 36.6 Å². The number of rotatable bonds is 6. The third-order valence-electron chi connectivity index (χ3n) is 3.57. The molecule has 1 amide bonds. The Kier molecular flexibility index (Phi) is 5.53. The molecule has 0 fully saturated rings. The Labute approximate surface area is 149 Å². The molecule has 0 aliphatic carbocycles. The Balaban J connectivity index is 1.58. The van der Waals surface area contributed by atoms with Gasteiger partial charge < -0.3 is 10.6 Å². The van der Waals surface area contributed by atoms with Crippen LogP contribution in [0.15, 0.2) is 53.9 Å². The highest BCUT2D eigenvalue weighted by Crippen LogP contribution is 2.13. The molecule has 3 rings (SSSR count). The van der Waals surface area contributed by atoms with Gasteiger partial charge in [0.15, 0.2) is 0 Å². The molecule has 3 aromatic rings. The molecule has 25 heavy (non-hydrogen) atoms. The number of thiazole rings is 1. The van der Waals surface area contributed by atoms with E-state index < -0.39 is 5.82 Å². The van der Waals surface area contributed by atoms with E-state index in [9.17, 15) is 9.18 Å².